The molecule has 1 aromatic heterocycles. The molecule has 0 aromatic carbocycles. The zero-order valence-electron chi connectivity index (χ0n) is 17.5. The zero-order valence-corrected chi connectivity index (χ0v) is 17.5. The summed E-state index contributed by atoms with van der Waals surface area (Å²) in [5.41, 5.74) is 0.330. The molecular weight excluding hydrogens is 342 g/mol. The van der Waals surface area contributed by atoms with Gasteiger partial charge in [-0.15, -0.1) is 0 Å². The SMILES string of the molecule is CCCC(C)c1cc(C)c(C(=O)NC2CCN(CCN(C)C)CC2)c(=O)o1. The fourth-order valence-corrected chi connectivity index (χ4v) is 3.62. The third-order valence-corrected chi connectivity index (χ3v) is 5.39. The number of nitrogens with one attached hydrogen (secondary N) is 1. The van der Waals surface area contributed by atoms with Gasteiger partial charge in [0.25, 0.3) is 5.91 Å². The van der Waals surface area contributed by atoms with E-state index < -0.39 is 5.63 Å². The summed E-state index contributed by atoms with van der Waals surface area (Å²) < 4.78 is 5.46. The highest BCUT2D eigenvalue weighted by Gasteiger charge is 2.24. The van der Waals surface area contributed by atoms with E-state index in [0.717, 1.165) is 51.9 Å². The largest absolute Gasteiger partial charge is 0.427 e. The van der Waals surface area contributed by atoms with Crippen molar-refractivity contribution in [3.8, 4) is 0 Å². The molecule has 6 nitrogen and oxygen atoms in total. The number of piperidine rings is 1. The van der Waals surface area contributed by atoms with E-state index in [1.54, 1.807) is 0 Å². The minimum Gasteiger partial charge on any atom is -0.427 e. The van der Waals surface area contributed by atoms with E-state index in [0.29, 0.717) is 11.3 Å². The van der Waals surface area contributed by atoms with Crippen molar-refractivity contribution in [1.82, 2.24) is 15.1 Å². The molecule has 1 saturated heterocycles. The van der Waals surface area contributed by atoms with Crippen molar-refractivity contribution < 1.29 is 9.21 Å². The first kappa shape index (κ1) is 21.6. The fraction of sp³-hybridized carbons (Fsp3) is 0.714. The monoisotopic (exact) mass is 377 g/mol. The molecule has 27 heavy (non-hydrogen) atoms. The lowest BCUT2D eigenvalue weighted by atomic mass is 10.00. The molecule has 1 atom stereocenters. The quantitative estimate of drug-likeness (QED) is 0.754. The molecule has 1 amide bonds. The van der Waals surface area contributed by atoms with Crippen LogP contribution in [0, 0.1) is 6.92 Å². The smallest absolute Gasteiger partial charge is 0.349 e. The van der Waals surface area contributed by atoms with Crippen LogP contribution >= 0.6 is 0 Å². The van der Waals surface area contributed by atoms with E-state index >= 15 is 0 Å². The highest BCUT2D eigenvalue weighted by molar-refractivity contribution is 5.95. The van der Waals surface area contributed by atoms with Gasteiger partial charge in [-0.2, -0.15) is 0 Å². The van der Waals surface area contributed by atoms with Crippen LogP contribution in [-0.4, -0.2) is 62.0 Å². The molecule has 6 heteroatoms. The second-order valence-electron chi connectivity index (χ2n) is 8.08. The van der Waals surface area contributed by atoms with Crippen LogP contribution in [0.3, 0.4) is 0 Å². The number of amides is 1. The summed E-state index contributed by atoms with van der Waals surface area (Å²) in [5.74, 6) is 0.554. The molecule has 0 spiro atoms. The Balaban J connectivity index is 1.96. The molecule has 2 rings (SSSR count). The Kier molecular flexibility index (Phi) is 8.05. The highest BCUT2D eigenvalue weighted by Crippen LogP contribution is 2.21. The second-order valence-corrected chi connectivity index (χ2v) is 8.08. The molecule has 152 valence electrons. The predicted octanol–water partition coefficient (Wildman–Crippen LogP) is 2.61. The van der Waals surface area contributed by atoms with Gasteiger partial charge in [0.2, 0.25) is 0 Å². The summed E-state index contributed by atoms with van der Waals surface area (Å²) >= 11 is 0. The summed E-state index contributed by atoms with van der Waals surface area (Å²) in [5, 5.41) is 3.04. The lowest BCUT2D eigenvalue weighted by Crippen LogP contribution is -2.46. The van der Waals surface area contributed by atoms with E-state index in [2.05, 4.69) is 36.1 Å². The highest BCUT2D eigenvalue weighted by atomic mass is 16.4. The molecule has 1 fully saturated rings. The molecule has 0 saturated carbocycles. The van der Waals surface area contributed by atoms with Crippen LogP contribution in [0.25, 0.3) is 0 Å². The van der Waals surface area contributed by atoms with Gasteiger partial charge < -0.3 is 19.5 Å². The van der Waals surface area contributed by atoms with Gasteiger partial charge in [-0.3, -0.25) is 4.79 Å². The van der Waals surface area contributed by atoms with E-state index in [4.69, 9.17) is 4.42 Å². The second kappa shape index (κ2) is 10.0. The molecule has 0 aliphatic carbocycles. The fourth-order valence-electron chi connectivity index (χ4n) is 3.62. The van der Waals surface area contributed by atoms with E-state index in [-0.39, 0.29) is 23.4 Å². The van der Waals surface area contributed by atoms with E-state index in [1.165, 1.54) is 0 Å². The van der Waals surface area contributed by atoms with Crippen molar-refractivity contribution in [3.05, 3.63) is 33.4 Å². The first-order valence-electron chi connectivity index (χ1n) is 10.1. The molecule has 1 unspecified atom stereocenters. The van der Waals surface area contributed by atoms with Gasteiger partial charge in [-0.25, -0.2) is 4.79 Å². The molecule has 2 heterocycles. The Hall–Kier alpha value is -1.66. The first-order valence-corrected chi connectivity index (χ1v) is 10.1. The van der Waals surface area contributed by atoms with Crippen LogP contribution < -0.4 is 10.9 Å². The van der Waals surface area contributed by atoms with E-state index in [1.807, 2.05) is 19.9 Å². The summed E-state index contributed by atoms with van der Waals surface area (Å²) in [6.45, 7) is 10.0. The number of hydrogen-bond donors (Lipinski definition) is 1. The Morgan fingerprint density at radius 3 is 2.59 bits per heavy atom. The number of carbonyl (C=O) groups excluding carboxylic acids is 1. The van der Waals surface area contributed by atoms with Crippen LogP contribution in [-0.2, 0) is 0 Å². The Morgan fingerprint density at radius 1 is 1.37 bits per heavy atom. The van der Waals surface area contributed by atoms with Crippen LogP contribution in [0.4, 0.5) is 0 Å². The first-order chi connectivity index (χ1) is 12.8. The third kappa shape index (κ3) is 6.18. The topological polar surface area (TPSA) is 65.8 Å². The molecule has 1 N–H and O–H groups in total. The van der Waals surface area contributed by atoms with Gasteiger partial charge in [-0.05, 0) is 51.9 Å². The molecule has 1 aliphatic rings. The summed E-state index contributed by atoms with van der Waals surface area (Å²) in [6, 6.07) is 1.96. The van der Waals surface area contributed by atoms with Gasteiger partial charge >= 0.3 is 5.63 Å². The van der Waals surface area contributed by atoms with E-state index in [9.17, 15) is 9.59 Å². The number of rotatable bonds is 8. The van der Waals surface area contributed by atoms with Gasteiger partial charge in [0.05, 0.1) is 0 Å². The summed E-state index contributed by atoms with van der Waals surface area (Å²) in [6.07, 6.45) is 3.81. The average Bonchev–Trinajstić information content (AvgIpc) is 2.60. The lowest BCUT2D eigenvalue weighted by molar-refractivity contribution is 0.0904. The standard InChI is InChI=1S/C21H35N3O3/c1-6-7-15(2)18-14-16(3)19(21(26)27-18)20(25)22-17-8-10-24(11-9-17)13-12-23(4)5/h14-15,17H,6-13H2,1-5H3,(H,22,25). The summed E-state index contributed by atoms with van der Waals surface area (Å²) in [4.78, 5) is 29.7. The Morgan fingerprint density at radius 2 is 2.04 bits per heavy atom. The molecule has 0 bridgehead atoms. The van der Waals surface area contributed by atoms with Crippen molar-refractivity contribution in [2.24, 2.45) is 0 Å². The van der Waals surface area contributed by atoms with Gasteiger partial charge in [0.15, 0.2) is 0 Å². The van der Waals surface area contributed by atoms with Crippen molar-refractivity contribution in [2.75, 3.05) is 40.3 Å². The van der Waals surface area contributed by atoms with Gasteiger partial charge in [0, 0.05) is 38.1 Å². The number of nitrogens with zero attached hydrogens (tertiary/aromatic N) is 2. The molecular formula is C21H35N3O3. The van der Waals surface area contributed by atoms with Crippen LogP contribution in [0.15, 0.2) is 15.3 Å². The number of aryl methyl sites for hydroxylation is 1. The molecule has 1 aliphatic heterocycles. The van der Waals surface area contributed by atoms with Crippen molar-refractivity contribution in [1.29, 1.82) is 0 Å². The lowest BCUT2D eigenvalue weighted by Gasteiger charge is -2.32. The zero-order chi connectivity index (χ0) is 20.0. The molecule has 0 radical (unpaired) electrons. The van der Waals surface area contributed by atoms with Gasteiger partial charge in [-0.1, -0.05) is 20.3 Å². The number of likely N-dealkylation sites (tertiary alicyclic amines) is 1. The van der Waals surface area contributed by atoms with Crippen molar-refractivity contribution in [2.45, 2.75) is 58.4 Å². The van der Waals surface area contributed by atoms with Crippen LogP contribution in [0.2, 0.25) is 0 Å². The molecule has 1 aromatic rings. The number of hydrogen-bond acceptors (Lipinski definition) is 5. The van der Waals surface area contributed by atoms with Crippen LogP contribution in [0.1, 0.15) is 67.1 Å². The maximum atomic E-state index is 12.7. The van der Waals surface area contributed by atoms with Crippen molar-refractivity contribution >= 4 is 5.91 Å². The summed E-state index contributed by atoms with van der Waals surface area (Å²) in [7, 11) is 4.16. The normalized spacial score (nSPS) is 17.3. The average molecular weight is 378 g/mol. The Bertz CT molecular complexity index is 676. The predicted molar refractivity (Wildman–Crippen MR) is 109 cm³/mol. The minimum atomic E-state index is -0.520. The third-order valence-electron chi connectivity index (χ3n) is 5.39. The maximum absolute atomic E-state index is 12.7. The maximum Gasteiger partial charge on any atom is 0.349 e. The van der Waals surface area contributed by atoms with Crippen molar-refractivity contribution in [3.63, 3.8) is 0 Å². The minimum absolute atomic E-state index is 0.116. The van der Waals surface area contributed by atoms with Crippen LogP contribution in [0.5, 0.6) is 0 Å². The number of likely N-dealkylation sites (N-methyl/N-ethyl adjacent to an activating group) is 1. The number of carbonyl (C=O) groups is 1. The Labute approximate surface area is 162 Å². The van der Waals surface area contributed by atoms with Gasteiger partial charge in [0.1, 0.15) is 11.3 Å².